The molecule has 2 rings (SSSR count). The van der Waals surface area contributed by atoms with Crippen LogP contribution in [0.5, 0.6) is 0 Å². The highest BCUT2D eigenvalue weighted by Crippen LogP contribution is 2.33. The van der Waals surface area contributed by atoms with Gasteiger partial charge in [-0.1, -0.05) is 11.2 Å². The normalized spacial score (nSPS) is 10.4. The predicted octanol–water partition coefficient (Wildman–Crippen LogP) is 2.04. The fraction of sp³-hybridized carbons (Fsp3) is 0.125. The third-order valence-electron chi connectivity index (χ3n) is 3.95. The molecular formula is C16H13B8ClF8N4O2. The van der Waals surface area contributed by atoms with Gasteiger partial charge >= 0.3 is 12.4 Å². The summed E-state index contributed by atoms with van der Waals surface area (Å²) in [6.07, 6.45) is -11.3. The highest BCUT2D eigenvalue weighted by Gasteiger charge is 2.35. The summed E-state index contributed by atoms with van der Waals surface area (Å²) in [5, 5.41) is 17.3. The summed E-state index contributed by atoms with van der Waals surface area (Å²) in [6.45, 7) is 6.45. The third kappa shape index (κ3) is 14.9. The van der Waals surface area contributed by atoms with Crippen molar-refractivity contribution >= 4 is 81.8 Å². The molecule has 0 heterocycles. The minimum Gasteiger partial charge on any atom is -0.409 e. The van der Waals surface area contributed by atoms with Crippen LogP contribution < -0.4 is 11.6 Å². The summed E-state index contributed by atoms with van der Waals surface area (Å²) < 4.78 is 98.1. The van der Waals surface area contributed by atoms with E-state index in [1.807, 2.05) is 0 Å². The fourth-order valence-corrected chi connectivity index (χ4v) is 2.02. The number of benzene rings is 2. The Morgan fingerprint density at radius 1 is 0.821 bits per heavy atom. The van der Waals surface area contributed by atoms with Crippen LogP contribution in [0.4, 0.5) is 40.8 Å². The molecule has 0 spiro atoms. The highest BCUT2D eigenvalue weighted by molar-refractivity contribution is 7.89. The standard InChI is InChI=1S/C8H6F4N2O.C8H3F4N.B8.ClH.H3NO/c9-6-2-1-4(7(13)14-15)3-5(6)8(10,11)12;1-13-5-2-3-7(9)6(4-5)8(10,11)12;1-6(2)8(5)7(3)4;;1-2/h1-3,15H,(H2,13,14);2-4H;;1H;2H,1H2. The van der Waals surface area contributed by atoms with Crippen LogP contribution in [0.2, 0.25) is 0 Å². The lowest BCUT2D eigenvalue weighted by Gasteiger charge is -2.13. The Kier molecular flexibility index (Phi) is 19.5. The number of hydrogen-bond donors (Lipinski definition) is 4. The van der Waals surface area contributed by atoms with Gasteiger partial charge in [-0.2, -0.15) is 26.3 Å². The quantitative estimate of drug-likeness (QED) is 0.0867. The molecule has 0 fully saturated rings. The van der Waals surface area contributed by atoms with E-state index < -0.39 is 60.1 Å². The maximum atomic E-state index is 12.8. The summed E-state index contributed by atoms with van der Waals surface area (Å²) in [7, 11) is 25.8. The monoisotopic (exact) mass is 568 g/mol. The summed E-state index contributed by atoms with van der Waals surface area (Å²) in [5.74, 6) is 0.220. The van der Waals surface area contributed by atoms with Gasteiger partial charge in [-0.3, -0.25) is 0 Å². The Bertz CT molecular complexity index is 1080. The van der Waals surface area contributed by atoms with Gasteiger partial charge in [0.15, 0.2) is 11.5 Å². The van der Waals surface area contributed by atoms with Crippen molar-refractivity contribution in [2.24, 2.45) is 16.8 Å². The van der Waals surface area contributed by atoms with Crippen molar-refractivity contribution in [3.05, 3.63) is 76.1 Å². The molecule has 0 aliphatic rings. The molecule has 6 nitrogen and oxygen atoms in total. The zero-order valence-electron chi connectivity index (χ0n) is 19.5. The lowest BCUT2D eigenvalue weighted by molar-refractivity contribution is -0.140. The number of alkyl halides is 6. The van der Waals surface area contributed by atoms with E-state index in [2.05, 4.69) is 15.9 Å². The number of rotatable bonds is 3. The first kappa shape index (κ1) is 40.9. The lowest BCUT2D eigenvalue weighted by atomic mass is 8.68. The van der Waals surface area contributed by atoms with Gasteiger partial charge in [0.1, 0.15) is 11.6 Å². The number of hydrogen-bond acceptors (Lipinski definition) is 4. The van der Waals surface area contributed by atoms with E-state index in [0.717, 1.165) is 12.1 Å². The van der Waals surface area contributed by atoms with Crippen molar-refractivity contribution in [3.8, 4) is 0 Å². The number of nitrogens with zero attached hydrogens (tertiary/aromatic N) is 2. The molecule has 0 aliphatic heterocycles. The molecular weight excluding hydrogens is 554 g/mol. The second kappa shape index (κ2) is 18.6. The Balaban J connectivity index is -0.000000496. The summed E-state index contributed by atoms with van der Waals surface area (Å²) in [4.78, 5) is 2.77. The van der Waals surface area contributed by atoms with Gasteiger partial charge in [-0.05, 0) is 30.3 Å². The maximum absolute atomic E-state index is 12.8. The van der Waals surface area contributed by atoms with Crippen LogP contribution in [0.15, 0.2) is 41.6 Å². The van der Waals surface area contributed by atoms with E-state index in [0.29, 0.717) is 24.3 Å². The molecule has 0 amide bonds. The van der Waals surface area contributed by atoms with Crippen molar-refractivity contribution in [1.82, 2.24) is 0 Å². The number of oxime groups is 1. The molecule has 23 heteroatoms. The SMILES string of the molecule is Cl.N/C(=N/O)c1ccc(F)c(C(F)(F)F)c1.NO.[B]B([B])B([B])B([B])[B].[C-]#[N+]c1ccc(F)c(C(F)(F)F)c1. The molecule has 0 saturated heterocycles. The average Bonchev–Trinajstić information content (AvgIpc) is 2.84. The van der Waals surface area contributed by atoms with Crippen LogP contribution in [0, 0.1) is 18.2 Å². The van der Waals surface area contributed by atoms with Crippen molar-refractivity contribution in [2.75, 3.05) is 0 Å². The molecule has 0 atom stereocenters. The van der Waals surface area contributed by atoms with Crippen molar-refractivity contribution in [3.63, 3.8) is 0 Å². The summed E-state index contributed by atoms with van der Waals surface area (Å²) >= 11 is 0. The summed E-state index contributed by atoms with van der Waals surface area (Å²) in [6, 6.07) is 4.19. The molecule has 0 aromatic heterocycles. The molecule has 0 aliphatic carbocycles. The molecule has 2 aromatic carbocycles. The zero-order chi connectivity index (χ0) is 30.4. The Morgan fingerprint density at radius 2 is 1.21 bits per heavy atom. The number of nitrogens with two attached hydrogens (primary N) is 2. The molecule has 196 valence electrons. The smallest absolute Gasteiger partial charge is 0.409 e. The van der Waals surface area contributed by atoms with Crippen molar-refractivity contribution < 1.29 is 45.5 Å². The van der Waals surface area contributed by atoms with Crippen LogP contribution in [0.1, 0.15) is 16.7 Å². The van der Waals surface area contributed by atoms with Gasteiger partial charge < -0.3 is 16.1 Å². The van der Waals surface area contributed by atoms with Crippen LogP contribution in [0.25, 0.3) is 4.85 Å². The Morgan fingerprint density at radius 3 is 1.51 bits per heavy atom. The minimum absolute atomic E-state index is 0. The lowest BCUT2D eigenvalue weighted by Crippen LogP contribution is -2.52. The van der Waals surface area contributed by atoms with Crippen molar-refractivity contribution in [1.29, 1.82) is 0 Å². The van der Waals surface area contributed by atoms with Gasteiger partial charge in [-0.25, -0.2) is 19.5 Å². The molecule has 0 saturated carbocycles. The first-order chi connectivity index (χ1) is 17.4. The predicted molar refractivity (Wildman–Crippen MR) is 141 cm³/mol. The Labute approximate surface area is 232 Å². The molecule has 39 heavy (non-hydrogen) atoms. The first-order valence-corrected chi connectivity index (χ1v) is 9.49. The summed E-state index contributed by atoms with van der Waals surface area (Å²) in [5.41, 5.74) is 1.78. The van der Waals surface area contributed by atoms with Gasteiger partial charge in [0.05, 0.1) is 17.7 Å². The maximum Gasteiger partial charge on any atom is 0.419 e. The minimum atomic E-state index is -4.81. The molecule has 0 unspecified atom stereocenters. The van der Waals surface area contributed by atoms with E-state index in [1.165, 1.54) is 0 Å². The number of amidine groups is 1. The second-order valence-corrected chi connectivity index (χ2v) is 6.68. The topological polar surface area (TPSA) is 109 Å². The molecule has 0 bridgehead atoms. The molecule has 2 aromatic rings. The average molecular weight is 567 g/mol. The Hall–Kier alpha value is -2.63. The number of halogens is 9. The molecule has 10 radical (unpaired) electrons. The van der Waals surface area contributed by atoms with Crippen LogP contribution >= 0.6 is 12.4 Å². The van der Waals surface area contributed by atoms with E-state index in [9.17, 15) is 35.1 Å². The van der Waals surface area contributed by atoms with Gasteiger partial charge in [0, 0.05) is 63.4 Å². The van der Waals surface area contributed by atoms with E-state index in [4.69, 9.17) is 61.4 Å². The highest BCUT2D eigenvalue weighted by atomic mass is 35.5. The van der Waals surface area contributed by atoms with Crippen molar-refractivity contribution in [2.45, 2.75) is 12.4 Å². The molecule has 6 N–H and O–H groups in total. The van der Waals surface area contributed by atoms with Gasteiger partial charge in [0.25, 0.3) is 0 Å². The zero-order valence-corrected chi connectivity index (χ0v) is 20.3. The van der Waals surface area contributed by atoms with Gasteiger partial charge in [-0.15, -0.1) is 12.4 Å². The largest absolute Gasteiger partial charge is 0.419 e. The van der Waals surface area contributed by atoms with E-state index in [-0.39, 0.29) is 23.7 Å². The second-order valence-electron chi connectivity index (χ2n) is 6.68. The van der Waals surface area contributed by atoms with E-state index >= 15 is 0 Å². The van der Waals surface area contributed by atoms with Gasteiger partial charge in [0.2, 0.25) is 0 Å². The van der Waals surface area contributed by atoms with Crippen LogP contribution in [-0.4, -0.2) is 74.1 Å². The fourth-order valence-electron chi connectivity index (χ4n) is 2.02. The van der Waals surface area contributed by atoms with Crippen LogP contribution in [-0.2, 0) is 12.4 Å². The third-order valence-corrected chi connectivity index (χ3v) is 3.95. The first-order valence-electron chi connectivity index (χ1n) is 9.49. The van der Waals surface area contributed by atoms with E-state index in [1.54, 1.807) is 0 Å². The van der Waals surface area contributed by atoms with Crippen LogP contribution in [0.3, 0.4) is 0 Å².